The van der Waals surface area contributed by atoms with Gasteiger partial charge in [0.25, 0.3) is 0 Å². The van der Waals surface area contributed by atoms with Gasteiger partial charge in [0.05, 0.1) is 5.52 Å². The third-order valence-corrected chi connectivity index (χ3v) is 3.20. The van der Waals surface area contributed by atoms with Gasteiger partial charge in [-0.05, 0) is 38.2 Å². The third-order valence-electron chi connectivity index (χ3n) is 3.20. The van der Waals surface area contributed by atoms with Crippen LogP contribution in [0.2, 0.25) is 0 Å². The molecule has 108 valence electrons. The molecule has 0 saturated carbocycles. The summed E-state index contributed by atoms with van der Waals surface area (Å²) in [6.07, 6.45) is 2.77. The van der Waals surface area contributed by atoms with Gasteiger partial charge in [-0.1, -0.05) is 6.07 Å². The van der Waals surface area contributed by atoms with E-state index in [-0.39, 0.29) is 18.4 Å². The van der Waals surface area contributed by atoms with Gasteiger partial charge < -0.3 is 19.3 Å². The lowest BCUT2D eigenvalue weighted by atomic mass is 10.1. The van der Waals surface area contributed by atoms with Gasteiger partial charge in [-0.2, -0.15) is 0 Å². The molecule has 2 aromatic rings. The number of esters is 1. The van der Waals surface area contributed by atoms with Crippen LogP contribution in [0.1, 0.15) is 12.5 Å². The molecular weight excluding hydrogens is 256 g/mol. The van der Waals surface area contributed by atoms with Crippen molar-refractivity contribution in [3.05, 3.63) is 30.0 Å². The molecule has 0 radical (unpaired) electrons. The topological polar surface area (TPSA) is 54.7 Å². The van der Waals surface area contributed by atoms with Gasteiger partial charge in [-0.15, -0.1) is 0 Å². The molecule has 0 amide bonds. The Morgan fingerprint density at radius 2 is 2.15 bits per heavy atom. The Kier molecular flexibility index (Phi) is 4.29. The van der Waals surface area contributed by atoms with E-state index in [0.29, 0.717) is 0 Å². The smallest absolute Gasteiger partial charge is 0.304 e. The van der Waals surface area contributed by atoms with Gasteiger partial charge in [0, 0.05) is 25.1 Å². The molecule has 5 heteroatoms. The Hall–Kier alpha value is -2.01. The Morgan fingerprint density at radius 1 is 1.40 bits per heavy atom. The van der Waals surface area contributed by atoms with Crippen LogP contribution in [-0.2, 0) is 22.7 Å². The van der Waals surface area contributed by atoms with Crippen LogP contribution in [-0.4, -0.2) is 41.2 Å². The Morgan fingerprint density at radius 3 is 2.80 bits per heavy atom. The molecule has 5 nitrogen and oxygen atoms in total. The van der Waals surface area contributed by atoms with Crippen molar-refractivity contribution in [1.29, 1.82) is 0 Å². The number of ether oxygens (including phenoxy) is 1. The zero-order valence-electron chi connectivity index (χ0n) is 12.1. The number of likely N-dealkylation sites (N-methyl/N-ethyl adjacent to an activating group) is 1. The average molecular weight is 276 g/mol. The van der Waals surface area contributed by atoms with Gasteiger partial charge in [0.1, 0.15) is 5.75 Å². The number of hydrogen-bond acceptors (Lipinski definition) is 4. The van der Waals surface area contributed by atoms with E-state index in [1.54, 1.807) is 12.1 Å². The standard InChI is InChI=1S/C15H20N2O3/c1-11(18)20-10-17-9-12(7-8-16(2)3)15-13(17)5-4-6-14(15)19/h4-6,9,19H,7-8,10H2,1-3H3. The number of fused-ring (bicyclic) bond motifs is 1. The highest BCUT2D eigenvalue weighted by Crippen LogP contribution is 2.30. The van der Waals surface area contributed by atoms with Crippen LogP contribution in [0.5, 0.6) is 5.75 Å². The number of carbonyl (C=O) groups excluding carboxylic acids is 1. The van der Waals surface area contributed by atoms with Crippen molar-refractivity contribution in [3.63, 3.8) is 0 Å². The van der Waals surface area contributed by atoms with Crippen LogP contribution in [0.3, 0.4) is 0 Å². The van der Waals surface area contributed by atoms with E-state index in [2.05, 4.69) is 4.90 Å². The van der Waals surface area contributed by atoms with Gasteiger partial charge >= 0.3 is 5.97 Å². The molecule has 0 aliphatic rings. The van der Waals surface area contributed by atoms with E-state index in [4.69, 9.17) is 4.74 Å². The van der Waals surface area contributed by atoms with Gasteiger partial charge in [0.15, 0.2) is 6.73 Å². The Balaban J connectivity index is 2.38. The fraction of sp³-hybridized carbons (Fsp3) is 0.400. The quantitative estimate of drug-likeness (QED) is 0.848. The lowest BCUT2D eigenvalue weighted by Gasteiger charge is -2.08. The predicted molar refractivity (Wildman–Crippen MR) is 77.6 cm³/mol. The molecule has 0 unspecified atom stereocenters. The lowest BCUT2D eigenvalue weighted by Crippen LogP contribution is -2.14. The first-order valence-corrected chi connectivity index (χ1v) is 6.57. The SMILES string of the molecule is CC(=O)OCn1cc(CCN(C)C)c2c(O)cccc21. The first kappa shape index (κ1) is 14.4. The number of nitrogens with zero attached hydrogens (tertiary/aromatic N) is 2. The number of phenolic OH excluding ortho intramolecular Hbond substituents is 1. The zero-order valence-corrected chi connectivity index (χ0v) is 12.1. The molecule has 1 aromatic carbocycles. The van der Waals surface area contributed by atoms with E-state index in [0.717, 1.165) is 29.4 Å². The second kappa shape index (κ2) is 5.96. The number of rotatable bonds is 5. The van der Waals surface area contributed by atoms with Crippen molar-refractivity contribution in [2.24, 2.45) is 0 Å². The molecule has 0 spiro atoms. The van der Waals surface area contributed by atoms with E-state index >= 15 is 0 Å². The predicted octanol–water partition coefficient (Wildman–Crippen LogP) is 1.97. The maximum Gasteiger partial charge on any atom is 0.304 e. The summed E-state index contributed by atoms with van der Waals surface area (Å²) in [5, 5.41) is 10.9. The average Bonchev–Trinajstić information content (AvgIpc) is 2.73. The molecule has 0 fully saturated rings. The van der Waals surface area contributed by atoms with E-state index < -0.39 is 0 Å². The molecule has 0 aliphatic carbocycles. The number of aromatic nitrogens is 1. The number of hydrogen-bond donors (Lipinski definition) is 1. The summed E-state index contributed by atoms with van der Waals surface area (Å²) in [5.41, 5.74) is 1.93. The van der Waals surface area contributed by atoms with Crippen LogP contribution in [0, 0.1) is 0 Å². The highest BCUT2D eigenvalue weighted by atomic mass is 16.5. The first-order chi connectivity index (χ1) is 9.49. The molecule has 0 atom stereocenters. The summed E-state index contributed by atoms with van der Waals surface area (Å²) in [6, 6.07) is 5.38. The van der Waals surface area contributed by atoms with E-state index in [1.165, 1.54) is 6.92 Å². The Labute approximate surface area is 118 Å². The van der Waals surface area contributed by atoms with Crippen molar-refractivity contribution in [1.82, 2.24) is 9.47 Å². The van der Waals surface area contributed by atoms with Crippen LogP contribution in [0.4, 0.5) is 0 Å². The summed E-state index contributed by atoms with van der Waals surface area (Å²) in [4.78, 5) is 13.0. The summed E-state index contributed by atoms with van der Waals surface area (Å²) in [6.45, 7) is 2.44. The summed E-state index contributed by atoms with van der Waals surface area (Å²) in [5.74, 6) is -0.0559. The van der Waals surface area contributed by atoms with Crippen molar-refractivity contribution < 1.29 is 14.6 Å². The van der Waals surface area contributed by atoms with Crippen molar-refractivity contribution in [2.75, 3.05) is 20.6 Å². The Bertz CT molecular complexity index is 617. The third kappa shape index (κ3) is 3.11. The molecular formula is C15H20N2O3. The van der Waals surface area contributed by atoms with Crippen molar-refractivity contribution in [3.8, 4) is 5.75 Å². The minimum Gasteiger partial charge on any atom is -0.507 e. The van der Waals surface area contributed by atoms with E-state index in [1.807, 2.05) is 30.9 Å². The van der Waals surface area contributed by atoms with Gasteiger partial charge in [0.2, 0.25) is 0 Å². The number of benzene rings is 1. The largest absolute Gasteiger partial charge is 0.507 e. The molecule has 20 heavy (non-hydrogen) atoms. The van der Waals surface area contributed by atoms with E-state index in [9.17, 15) is 9.90 Å². The summed E-state index contributed by atoms with van der Waals surface area (Å²) >= 11 is 0. The normalized spacial score (nSPS) is 11.2. The maximum atomic E-state index is 11.0. The molecule has 1 N–H and O–H groups in total. The fourth-order valence-corrected chi connectivity index (χ4v) is 2.22. The molecule has 1 aromatic heterocycles. The molecule has 1 heterocycles. The molecule has 2 rings (SSSR count). The first-order valence-electron chi connectivity index (χ1n) is 6.57. The molecule has 0 bridgehead atoms. The van der Waals surface area contributed by atoms with Crippen LogP contribution < -0.4 is 0 Å². The van der Waals surface area contributed by atoms with Crippen LogP contribution in [0.25, 0.3) is 10.9 Å². The monoisotopic (exact) mass is 276 g/mol. The highest BCUT2D eigenvalue weighted by molar-refractivity contribution is 5.89. The number of phenols is 1. The van der Waals surface area contributed by atoms with Crippen LogP contribution in [0.15, 0.2) is 24.4 Å². The molecule has 0 aliphatic heterocycles. The van der Waals surface area contributed by atoms with Crippen molar-refractivity contribution in [2.45, 2.75) is 20.1 Å². The fourth-order valence-electron chi connectivity index (χ4n) is 2.22. The second-order valence-electron chi connectivity index (χ2n) is 5.11. The lowest BCUT2D eigenvalue weighted by molar-refractivity contribution is -0.144. The number of carbonyl (C=O) groups is 1. The van der Waals surface area contributed by atoms with Gasteiger partial charge in [-0.25, -0.2) is 0 Å². The summed E-state index contributed by atoms with van der Waals surface area (Å²) < 4.78 is 6.90. The maximum absolute atomic E-state index is 11.0. The van der Waals surface area contributed by atoms with Gasteiger partial charge in [-0.3, -0.25) is 4.79 Å². The molecule has 0 saturated heterocycles. The summed E-state index contributed by atoms with van der Waals surface area (Å²) in [7, 11) is 4.02. The minimum atomic E-state index is -0.318. The number of aromatic hydroxyl groups is 1. The second-order valence-corrected chi connectivity index (χ2v) is 5.11. The minimum absolute atomic E-state index is 0.164. The van der Waals surface area contributed by atoms with Crippen LogP contribution >= 0.6 is 0 Å². The zero-order chi connectivity index (χ0) is 14.7. The highest BCUT2D eigenvalue weighted by Gasteiger charge is 2.12. The van der Waals surface area contributed by atoms with Crippen molar-refractivity contribution >= 4 is 16.9 Å².